The van der Waals surface area contributed by atoms with Crippen LogP contribution in [-0.2, 0) is 20.1 Å². The molecule has 2 N–H and O–H groups in total. The van der Waals surface area contributed by atoms with E-state index in [2.05, 4.69) is 30.6 Å². The molecule has 0 fully saturated rings. The van der Waals surface area contributed by atoms with Gasteiger partial charge in [0.05, 0.1) is 19.1 Å². The van der Waals surface area contributed by atoms with Gasteiger partial charge >= 0.3 is 6.61 Å². The molecule has 2 aromatic carbocycles. The largest absolute Gasteiger partial charge is 0.434 e. The SMILES string of the molecule is Cc1ccc(OC(F)F)c(CN=C(NCc2nnc(C)n2C)NC(C)c2ccccc2)c1. The quantitative estimate of drug-likeness (QED) is 0.407. The number of halogens is 2. The summed E-state index contributed by atoms with van der Waals surface area (Å²) in [5.74, 6) is 2.20. The lowest BCUT2D eigenvalue weighted by atomic mass is 10.1. The lowest BCUT2D eigenvalue weighted by Gasteiger charge is -2.19. The van der Waals surface area contributed by atoms with Gasteiger partial charge in [0, 0.05) is 12.6 Å². The molecule has 32 heavy (non-hydrogen) atoms. The van der Waals surface area contributed by atoms with Crippen molar-refractivity contribution in [3.8, 4) is 5.75 Å². The van der Waals surface area contributed by atoms with Crippen LogP contribution in [0.3, 0.4) is 0 Å². The number of aliphatic imine (C=N–C) groups is 1. The van der Waals surface area contributed by atoms with Gasteiger partial charge in [-0.2, -0.15) is 8.78 Å². The molecule has 0 saturated carbocycles. The molecule has 9 heteroatoms. The first kappa shape index (κ1) is 23.2. The molecule has 1 heterocycles. The Balaban J connectivity index is 1.81. The van der Waals surface area contributed by atoms with Crippen LogP contribution in [0.5, 0.6) is 5.75 Å². The summed E-state index contributed by atoms with van der Waals surface area (Å²) in [6.07, 6.45) is 0. The van der Waals surface area contributed by atoms with Crippen molar-refractivity contribution in [1.82, 2.24) is 25.4 Å². The molecule has 0 saturated heterocycles. The molecule has 0 aliphatic heterocycles. The number of alkyl halides is 2. The highest BCUT2D eigenvalue weighted by molar-refractivity contribution is 5.80. The molecular weight excluding hydrogens is 414 g/mol. The number of guanidine groups is 1. The maximum absolute atomic E-state index is 12.8. The van der Waals surface area contributed by atoms with Crippen molar-refractivity contribution < 1.29 is 13.5 Å². The predicted molar refractivity (Wildman–Crippen MR) is 120 cm³/mol. The summed E-state index contributed by atoms with van der Waals surface area (Å²) in [6.45, 7) is 3.47. The van der Waals surface area contributed by atoms with Crippen molar-refractivity contribution in [2.45, 2.75) is 46.5 Å². The van der Waals surface area contributed by atoms with E-state index in [-0.39, 0.29) is 18.3 Å². The molecule has 1 atom stereocenters. The molecule has 0 spiro atoms. The van der Waals surface area contributed by atoms with Gasteiger partial charge in [0.15, 0.2) is 11.8 Å². The number of aromatic nitrogens is 3. The smallest absolute Gasteiger partial charge is 0.387 e. The molecule has 0 bridgehead atoms. The Morgan fingerprint density at radius 2 is 1.88 bits per heavy atom. The highest BCUT2D eigenvalue weighted by atomic mass is 19.3. The van der Waals surface area contributed by atoms with E-state index >= 15 is 0 Å². The number of hydrogen-bond acceptors (Lipinski definition) is 4. The Kier molecular flexibility index (Phi) is 7.75. The minimum Gasteiger partial charge on any atom is -0.434 e. The van der Waals surface area contributed by atoms with Gasteiger partial charge in [-0.1, -0.05) is 48.0 Å². The van der Waals surface area contributed by atoms with Crippen molar-refractivity contribution >= 4 is 5.96 Å². The molecule has 170 valence electrons. The summed E-state index contributed by atoms with van der Waals surface area (Å²) < 4.78 is 32.2. The van der Waals surface area contributed by atoms with Crippen molar-refractivity contribution in [2.24, 2.45) is 12.0 Å². The summed E-state index contributed by atoms with van der Waals surface area (Å²) in [5.41, 5.74) is 2.61. The Labute approximate surface area is 186 Å². The summed E-state index contributed by atoms with van der Waals surface area (Å²) in [6, 6.07) is 15.0. The van der Waals surface area contributed by atoms with Crippen LogP contribution in [0.25, 0.3) is 0 Å². The Morgan fingerprint density at radius 1 is 1.12 bits per heavy atom. The summed E-state index contributed by atoms with van der Waals surface area (Å²) in [5, 5.41) is 14.9. The highest BCUT2D eigenvalue weighted by Crippen LogP contribution is 2.23. The summed E-state index contributed by atoms with van der Waals surface area (Å²) >= 11 is 0. The van der Waals surface area contributed by atoms with Crippen LogP contribution in [0.15, 0.2) is 53.5 Å². The Morgan fingerprint density at radius 3 is 2.53 bits per heavy atom. The van der Waals surface area contributed by atoms with Crippen LogP contribution in [0.2, 0.25) is 0 Å². The monoisotopic (exact) mass is 442 g/mol. The average molecular weight is 443 g/mol. The number of aryl methyl sites for hydroxylation is 2. The molecule has 3 rings (SSSR count). The normalized spacial score (nSPS) is 12.7. The van der Waals surface area contributed by atoms with Crippen molar-refractivity contribution in [1.29, 1.82) is 0 Å². The molecule has 0 amide bonds. The third-order valence-corrected chi connectivity index (χ3v) is 5.09. The molecule has 1 aromatic heterocycles. The zero-order chi connectivity index (χ0) is 23.1. The first-order valence-corrected chi connectivity index (χ1v) is 10.3. The maximum Gasteiger partial charge on any atom is 0.387 e. The highest BCUT2D eigenvalue weighted by Gasteiger charge is 2.13. The van der Waals surface area contributed by atoms with Gasteiger partial charge in [0.2, 0.25) is 0 Å². The van der Waals surface area contributed by atoms with Gasteiger partial charge < -0.3 is 19.9 Å². The van der Waals surface area contributed by atoms with Gasteiger partial charge in [-0.25, -0.2) is 4.99 Å². The number of nitrogens with zero attached hydrogens (tertiary/aromatic N) is 4. The van der Waals surface area contributed by atoms with Crippen LogP contribution in [0.4, 0.5) is 8.78 Å². The molecule has 1 unspecified atom stereocenters. The van der Waals surface area contributed by atoms with E-state index in [1.54, 1.807) is 18.2 Å². The van der Waals surface area contributed by atoms with E-state index in [4.69, 9.17) is 0 Å². The van der Waals surface area contributed by atoms with E-state index in [0.717, 1.165) is 22.8 Å². The van der Waals surface area contributed by atoms with Gasteiger partial charge in [-0.05, 0) is 32.4 Å². The van der Waals surface area contributed by atoms with E-state index in [1.165, 1.54) is 0 Å². The van der Waals surface area contributed by atoms with Gasteiger partial charge in [0.1, 0.15) is 11.6 Å². The second-order valence-electron chi connectivity index (χ2n) is 7.51. The predicted octanol–water partition coefficient (Wildman–Crippen LogP) is 4.03. The van der Waals surface area contributed by atoms with Crippen LogP contribution in [0, 0.1) is 13.8 Å². The third-order valence-electron chi connectivity index (χ3n) is 5.09. The Hall–Kier alpha value is -3.49. The molecule has 0 aliphatic carbocycles. The number of nitrogens with one attached hydrogen (secondary N) is 2. The van der Waals surface area contributed by atoms with Crippen LogP contribution in [0.1, 0.15) is 41.3 Å². The summed E-state index contributed by atoms with van der Waals surface area (Å²) in [4.78, 5) is 4.63. The topological polar surface area (TPSA) is 76.4 Å². The van der Waals surface area contributed by atoms with Crippen LogP contribution in [-0.4, -0.2) is 27.3 Å². The van der Waals surface area contributed by atoms with Crippen LogP contribution >= 0.6 is 0 Å². The third kappa shape index (κ3) is 6.26. The first-order chi connectivity index (χ1) is 15.3. The minimum absolute atomic E-state index is 0.0297. The molecular formula is C23H28F2N6O. The van der Waals surface area contributed by atoms with E-state index in [1.807, 2.05) is 62.7 Å². The number of benzene rings is 2. The molecule has 7 nitrogen and oxygen atoms in total. The lowest BCUT2D eigenvalue weighted by Crippen LogP contribution is -2.39. The Bertz CT molecular complexity index is 1050. The molecule has 0 radical (unpaired) electrons. The van der Waals surface area contributed by atoms with Gasteiger partial charge in [-0.15, -0.1) is 10.2 Å². The van der Waals surface area contributed by atoms with Gasteiger partial charge in [0.25, 0.3) is 0 Å². The van der Waals surface area contributed by atoms with Crippen molar-refractivity contribution in [3.63, 3.8) is 0 Å². The van der Waals surface area contributed by atoms with E-state index in [9.17, 15) is 8.78 Å². The average Bonchev–Trinajstić information content (AvgIpc) is 3.09. The number of rotatable bonds is 8. The standard InChI is InChI=1S/C23H28F2N6O/c1-15-10-11-20(32-22(24)25)19(12-15)13-26-23(27-14-21-30-29-17(3)31(21)4)28-16(2)18-8-6-5-7-9-18/h5-12,16,22H,13-14H2,1-4H3,(H2,26,27,28). The maximum atomic E-state index is 12.8. The first-order valence-electron chi connectivity index (χ1n) is 10.3. The van der Waals surface area contributed by atoms with Crippen molar-refractivity contribution in [2.75, 3.05) is 0 Å². The van der Waals surface area contributed by atoms with Crippen LogP contribution < -0.4 is 15.4 Å². The zero-order valence-corrected chi connectivity index (χ0v) is 18.6. The summed E-state index contributed by atoms with van der Waals surface area (Å²) in [7, 11) is 1.89. The zero-order valence-electron chi connectivity index (χ0n) is 18.6. The second kappa shape index (κ2) is 10.7. The fourth-order valence-corrected chi connectivity index (χ4v) is 3.16. The fourth-order valence-electron chi connectivity index (χ4n) is 3.16. The molecule has 3 aromatic rings. The van der Waals surface area contributed by atoms with Gasteiger partial charge in [-0.3, -0.25) is 0 Å². The fraction of sp³-hybridized carbons (Fsp3) is 0.348. The van der Waals surface area contributed by atoms with E-state index in [0.29, 0.717) is 18.1 Å². The van der Waals surface area contributed by atoms with Crippen molar-refractivity contribution in [3.05, 3.63) is 76.9 Å². The van der Waals surface area contributed by atoms with E-state index < -0.39 is 6.61 Å². The minimum atomic E-state index is -2.89. The lowest BCUT2D eigenvalue weighted by molar-refractivity contribution is -0.0504. The number of hydrogen-bond donors (Lipinski definition) is 2. The number of ether oxygens (including phenoxy) is 1. The molecule has 0 aliphatic rings. The second-order valence-corrected chi connectivity index (χ2v) is 7.51.